The molecule has 1 aromatic carbocycles. The summed E-state index contributed by atoms with van der Waals surface area (Å²) in [5.41, 5.74) is 4.82. The molecular weight excluding hydrogens is 360 g/mol. The van der Waals surface area contributed by atoms with Gasteiger partial charge in [0, 0.05) is 10.9 Å². The molecule has 1 rings (SSSR count). The average molecular weight is 385 g/mol. The zero-order valence-electron chi connectivity index (χ0n) is 13.7. The predicted molar refractivity (Wildman–Crippen MR) is 93.9 cm³/mol. The van der Waals surface area contributed by atoms with Crippen LogP contribution in [-0.2, 0) is 9.59 Å². The van der Waals surface area contributed by atoms with Gasteiger partial charge in [0.15, 0.2) is 6.10 Å². The Morgan fingerprint density at radius 1 is 1.17 bits per heavy atom. The Morgan fingerprint density at radius 2 is 1.91 bits per heavy atom. The summed E-state index contributed by atoms with van der Waals surface area (Å²) in [7, 11) is 0. The van der Waals surface area contributed by atoms with Gasteiger partial charge < -0.3 is 4.74 Å². The number of carbonyl (C=O) groups excluding carboxylic acids is 2. The molecule has 0 heterocycles. The van der Waals surface area contributed by atoms with E-state index in [4.69, 9.17) is 4.74 Å². The van der Waals surface area contributed by atoms with E-state index in [1.165, 1.54) is 12.8 Å². The highest BCUT2D eigenvalue weighted by atomic mass is 79.9. The van der Waals surface area contributed by atoms with Crippen molar-refractivity contribution < 1.29 is 14.3 Å². The fraction of sp³-hybridized carbons (Fsp3) is 0.529. The number of benzene rings is 1. The Hall–Kier alpha value is -1.56. The Balaban J connectivity index is 2.23. The maximum absolute atomic E-state index is 11.9. The maximum Gasteiger partial charge on any atom is 0.279 e. The van der Waals surface area contributed by atoms with E-state index < -0.39 is 6.10 Å². The molecule has 1 aromatic rings. The third-order valence-corrected chi connectivity index (χ3v) is 3.80. The van der Waals surface area contributed by atoms with Crippen LogP contribution in [0.1, 0.15) is 52.4 Å². The molecule has 1 unspecified atom stereocenters. The van der Waals surface area contributed by atoms with Crippen LogP contribution in [0.3, 0.4) is 0 Å². The summed E-state index contributed by atoms with van der Waals surface area (Å²) >= 11 is 3.34. The second-order valence-corrected chi connectivity index (χ2v) is 6.33. The zero-order valence-corrected chi connectivity index (χ0v) is 15.3. The van der Waals surface area contributed by atoms with Crippen molar-refractivity contribution in [2.75, 3.05) is 0 Å². The topological polar surface area (TPSA) is 67.4 Å². The lowest BCUT2D eigenvalue weighted by atomic mass is 10.1. The Bertz CT molecular complexity index is 508. The van der Waals surface area contributed by atoms with Crippen LogP contribution in [0.15, 0.2) is 28.7 Å². The van der Waals surface area contributed by atoms with Gasteiger partial charge in [-0.2, -0.15) is 0 Å². The average Bonchev–Trinajstić information content (AvgIpc) is 2.52. The van der Waals surface area contributed by atoms with Gasteiger partial charge in [0.05, 0.1) is 0 Å². The minimum absolute atomic E-state index is 0.176. The van der Waals surface area contributed by atoms with Gasteiger partial charge in [0.25, 0.3) is 5.91 Å². The number of rotatable bonds is 9. The monoisotopic (exact) mass is 384 g/mol. The number of hydrogen-bond acceptors (Lipinski definition) is 3. The number of halogens is 1. The molecule has 0 saturated heterocycles. The van der Waals surface area contributed by atoms with Crippen LogP contribution in [0.5, 0.6) is 5.75 Å². The van der Waals surface area contributed by atoms with Crippen LogP contribution in [-0.4, -0.2) is 17.9 Å². The van der Waals surface area contributed by atoms with Crippen molar-refractivity contribution in [3.63, 3.8) is 0 Å². The van der Waals surface area contributed by atoms with Gasteiger partial charge in [-0.3, -0.25) is 20.4 Å². The molecule has 1 atom stereocenters. The molecular formula is C17H25BrN2O3. The second-order valence-electron chi connectivity index (χ2n) is 5.42. The molecule has 0 fully saturated rings. The van der Waals surface area contributed by atoms with Gasteiger partial charge in [-0.05, 0) is 31.5 Å². The van der Waals surface area contributed by atoms with E-state index in [1.807, 2.05) is 12.1 Å². The van der Waals surface area contributed by atoms with Crippen molar-refractivity contribution in [3.8, 4) is 5.75 Å². The van der Waals surface area contributed by atoms with Crippen LogP contribution in [0, 0.1) is 0 Å². The normalized spacial score (nSPS) is 11.6. The molecule has 0 saturated carbocycles. The fourth-order valence-electron chi connectivity index (χ4n) is 1.98. The summed E-state index contributed by atoms with van der Waals surface area (Å²) < 4.78 is 6.40. The second kappa shape index (κ2) is 11.0. The minimum atomic E-state index is -0.700. The summed E-state index contributed by atoms with van der Waals surface area (Å²) in [6.45, 7) is 3.78. The summed E-state index contributed by atoms with van der Waals surface area (Å²) in [6, 6.07) is 7.24. The van der Waals surface area contributed by atoms with Gasteiger partial charge in [0.2, 0.25) is 5.91 Å². The molecule has 5 nitrogen and oxygen atoms in total. The lowest BCUT2D eigenvalue weighted by Gasteiger charge is -2.15. The van der Waals surface area contributed by atoms with Crippen molar-refractivity contribution >= 4 is 27.7 Å². The first-order chi connectivity index (χ1) is 11.0. The molecule has 128 valence electrons. The molecule has 2 amide bonds. The Morgan fingerprint density at radius 3 is 2.61 bits per heavy atom. The number of nitrogens with one attached hydrogen (secondary N) is 2. The maximum atomic E-state index is 11.9. The van der Waals surface area contributed by atoms with E-state index in [0.717, 1.165) is 23.7 Å². The van der Waals surface area contributed by atoms with Crippen LogP contribution in [0.25, 0.3) is 0 Å². The fourth-order valence-corrected chi connectivity index (χ4v) is 2.36. The first-order valence-corrected chi connectivity index (χ1v) is 8.83. The standard InChI is InChI=1S/C17H25BrN2O3/c1-3-4-5-6-7-11-16(21)19-20-17(22)13(2)23-15-10-8-9-14(18)12-15/h8-10,12-13H,3-7,11H2,1-2H3,(H,19,21)(H,20,22). The SMILES string of the molecule is CCCCCCCC(=O)NNC(=O)C(C)Oc1cccc(Br)c1. The first kappa shape index (κ1) is 19.5. The Kier molecular flexibility index (Phi) is 9.36. The third-order valence-electron chi connectivity index (χ3n) is 3.31. The number of amides is 2. The zero-order chi connectivity index (χ0) is 17.1. The lowest BCUT2D eigenvalue weighted by Crippen LogP contribution is -2.47. The number of unbranched alkanes of at least 4 members (excludes halogenated alkanes) is 4. The van der Waals surface area contributed by atoms with E-state index in [9.17, 15) is 9.59 Å². The highest BCUT2D eigenvalue weighted by Gasteiger charge is 2.15. The number of hydrazine groups is 1. The molecule has 0 aliphatic rings. The van der Waals surface area contributed by atoms with Gasteiger partial charge in [0.1, 0.15) is 5.75 Å². The third kappa shape index (κ3) is 8.59. The van der Waals surface area contributed by atoms with E-state index >= 15 is 0 Å². The molecule has 0 radical (unpaired) electrons. The van der Waals surface area contributed by atoms with Gasteiger partial charge in [-0.15, -0.1) is 0 Å². The summed E-state index contributed by atoms with van der Waals surface area (Å²) in [4.78, 5) is 23.5. The van der Waals surface area contributed by atoms with Crippen molar-refractivity contribution in [1.82, 2.24) is 10.9 Å². The van der Waals surface area contributed by atoms with Crippen molar-refractivity contribution in [2.45, 2.75) is 58.5 Å². The minimum Gasteiger partial charge on any atom is -0.481 e. The van der Waals surface area contributed by atoms with Crippen LogP contribution in [0.2, 0.25) is 0 Å². The van der Waals surface area contributed by atoms with E-state index in [-0.39, 0.29) is 11.8 Å². The first-order valence-electron chi connectivity index (χ1n) is 8.04. The van der Waals surface area contributed by atoms with Crippen LogP contribution < -0.4 is 15.6 Å². The molecule has 2 N–H and O–H groups in total. The largest absolute Gasteiger partial charge is 0.481 e. The van der Waals surface area contributed by atoms with Crippen LogP contribution >= 0.6 is 15.9 Å². The summed E-state index contributed by atoms with van der Waals surface area (Å²) in [5, 5.41) is 0. The highest BCUT2D eigenvalue weighted by molar-refractivity contribution is 9.10. The Labute approximate surface area is 146 Å². The van der Waals surface area contributed by atoms with Crippen molar-refractivity contribution in [3.05, 3.63) is 28.7 Å². The van der Waals surface area contributed by atoms with Gasteiger partial charge >= 0.3 is 0 Å². The number of ether oxygens (including phenoxy) is 1. The number of hydrogen-bond donors (Lipinski definition) is 2. The van der Waals surface area contributed by atoms with E-state index in [2.05, 4.69) is 33.7 Å². The molecule has 0 aromatic heterocycles. The quantitative estimate of drug-likeness (QED) is 0.503. The molecule has 23 heavy (non-hydrogen) atoms. The molecule has 0 aliphatic carbocycles. The van der Waals surface area contributed by atoms with E-state index in [0.29, 0.717) is 12.2 Å². The molecule has 0 bridgehead atoms. The summed E-state index contributed by atoms with van der Waals surface area (Å²) in [6.07, 6.45) is 5.12. The van der Waals surface area contributed by atoms with Gasteiger partial charge in [-0.1, -0.05) is 54.6 Å². The smallest absolute Gasteiger partial charge is 0.279 e. The number of carbonyl (C=O) groups is 2. The highest BCUT2D eigenvalue weighted by Crippen LogP contribution is 2.18. The lowest BCUT2D eigenvalue weighted by molar-refractivity contribution is -0.132. The molecule has 0 aliphatic heterocycles. The van der Waals surface area contributed by atoms with E-state index in [1.54, 1.807) is 19.1 Å². The molecule has 0 spiro atoms. The summed E-state index contributed by atoms with van der Waals surface area (Å²) in [5.74, 6) is 0.0260. The van der Waals surface area contributed by atoms with Crippen molar-refractivity contribution in [2.24, 2.45) is 0 Å². The molecule has 6 heteroatoms. The predicted octanol–water partition coefficient (Wildman–Crippen LogP) is 3.72. The van der Waals surface area contributed by atoms with Crippen LogP contribution in [0.4, 0.5) is 0 Å². The van der Waals surface area contributed by atoms with Gasteiger partial charge in [-0.25, -0.2) is 0 Å². The van der Waals surface area contributed by atoms with Crippen molar-refractivity contribution in [1.29, 1.82) is 0 Å².